The number of carbonyl (C=O) groups excluding carboxylic acids is 1. The lowest BCUT2D eigenvalue weighted by Crippen LogP contribution is -2.38. The molecule has 0 bridgehead atoms. The number of carbonyl (C=O) groups is 1. The maximum atomic E-state index is 12.6. The van der Waals surface area contributed by atoms with Crippen LogP contribution in [0.1, 0.15) is 22.3 Å². The van der Waals surface area contributed by atoms with Gasteiger partial charge in [-0.2, -0.15) is 0 Å². The molecule has 0 aromatic heterocycles. The fraction of sp³-hybridized carbons (Fsp3) is 0.500. The Kier molecular flexibility index (Phi) is 4.45. The number of aliphatic hydroxyl groups excluding tert-OH is 1. The van der Waals surface area contributed by atoms with E-state index in [0.29, 0.717) is 23.6 Å². The molecular weight excluding hydrogens is 266 g/mol. The van der Waals surface area contributed by atoms with Gasteiger partial charge in [-0.15, -0.1) is 0 Å². The number of benzene rings is 1. The summed E-state index contributed by atoms with van der Waals surface area (Å²) in [4.78, 5) is 14.2. The molecule has 0 saturated carbocycles. The Bertz CT molecular complexity index is 478. The van der Waals surface area contributed by atoms with Crippen LogP contribution in [-0.2, 0) is 4.74 Å². The maximum Gasteiger partial charge on any atom is 0.254 e. The standard InChI is InChI=1S/C14H18ClNO3/c1-9-3-4-10(15)5-13(9)14(18)16-7-12(19-2)6-11(16)8-17/h3-5,11-12,17H,6-8H2,1-2H3/t11-,12-/m0/s1. The molecule has 4 nitrogen and oxygen atoms in total. The van der Waals surface area contributed by atoms with E-state index in [0.717, 1.165) is 5.56 Å². The summed E-state index contributed by atoms with van der Waals surface area (Å²) in [6.07, 6.45) is 0.652. The van der Waals surface area contributed by atoms with Crippen molar-refractivity contribution in [3.8, 4) is 0 Å². The average molecular weight is 284 g/mol. The van der Waals surface area contributed by atoms with Gasteiger partial charge < -0.3 is 14.7 Å². The highest BCUT2D eigenvalue weighted by Crippen LogP contribution is 2.24. The highest BCUT2D eigenvalue weighted by molar-refractivity contribution is 6.31. The van der Waals surface area contributed by atoms with Gasteiger partial charge >= 0.3 is 0 Å². The molecule has 2 rings (SSSR count). The van der Waals surface area contributed by atoms with Crippen molar-refractivity contribution in [3.05, 3.63) is 34.3 Å². The third-order valence-electron chi connectivity index (χ3n) is 3.61. The van der Waals surface area contributed by atoms with Crippen LogP contribution in [0.15, 0.2) is 18.2 Å². The lowest BCUT2D eigenvalue weighted by Gasteiger charge is -2.23. The van der Waals surface area contributed by atoms with E-state index in [4.69, 9.17) is 16.3 Å². The number of nitrogens with zero attached hydrogens (tertiary/aromatic N) is 1. The Morgan fingerprint density at radius 1 is 1.58 bits per heavy atom. The van der Waals surface area contributed by atoms with Crippen LogP contribution in [0.4, 0.5) is 0 Å². The number of methoxy groups -OCH3 is 1. The molecule has 0 aliphatic carbocycles. The van der Waals surface area contributed by atoms with E-state index in [9.17, 15) is 9.90 Å². The van der Waals surface area contributed by atoms with Gasteiger partial charge in [0.15, 0.2) is 0 Å². The zero-order valence-electron chi connectivity index (χ0n) is 11.1. The van der Waals surface area contributed by atoms with E-state index in [1.54, 1.807) is 24.1 Å². The largest absolute Gasteiger partial charge is 0.394 e. The van der Waals surface area contributed by atoms with Gasteiger partial charge in [0, 0.05) is 24.2 Å². The van der Waals surface area contributed by atoms with Crippen molar-refractivity contribution < 1.29 is 14.6 Å². The molecule has 1 aromatic carbocycles. The highest BCUT2D eigenvalue weighted by Gasteiger charge is 2.35. The molecule has 1 fully saturated rings. The lowest BCUT2D eigenvalue weighted by atomic mass is 10.1. The van der Waals surface area contributed by atoms with Gasteiger partial charge in [0.05, 0.1) is 18.8 Å². The summed E-state index contributed by atoms with van der Waals surface area (Å²) >= 11 is 5.95. The fourth-order valence-corrected chi connectivity index (χ4v) is 2.62. The molecule has 2 atom stereocenters. The molecule has 1 aliphatic rings. The second-order valence-corrected chi connectivity index (χ2v) is 5.28. The second-order valence-electron chi connectivity index (χ2n) is 4.85. The van der Waals surface area contributed by atoms with Crippen molar-refractivity contribution in [3.63, 3.8) is 0 Å². The molecule has 0 spiro atoms. The predicted molar refractivity (Wildman–Crippen MR) is 73.5 cm³/mol. The summed E-state index contributed by atoms with van der Waals surface area (Å²) in [5.41, 5.74) is 1.47. The molecular formula is C14H18ClNO3. The zero-order chi connectivity index (χ0) is 14.0. The van der Waals surface area contributed by atoms with Crippen LogP contribution >= 0.6 is 11.6 Å². The number of aryl methyl sites for hydroxylation is 1. The van der Waals surface area contributed by atoms with Crippen LogP contribution < -0.4 is 0 Å². The average Bonchev–Trinajstić information content (AvgIpc) is 2.84. The molecule has 1 saturated heterocycles. The van der Waals surface area contributed by atoms with Gasteiger partial charge in [0.2, 0.25) is 0 Å². The third kappa shape index (κ3) is 2.91. The van der Waals surface area contributed by atoms with Crippen molar-refractivity contribution in [2.75, 3.05) is 20.3 Å². The molecule has 1 amide bonds. The fourth-order valence-electron chi connectivity index (χ4n) is 2.45. The van der Waals surface area contributed by atoms with E-state index < -0.39 is 0 Å². The normalized spacial score (nSPS) is 22.8. The Hall–Kier alpha value is -1.10. The molecule has 1 heterocycles. The van der Waals surface area contributed by atoms with Gasteiger partial charge in [0.1, 0.15) is 0 Å². The van der Waals surface area contributed by atoms with Crippen molar-refractivity contribution in [1.29, 1.82) is 0 Å². The van der Waals surface area contributed by atoms with E-state index in [-0.39, 0.29) is 24.7 Å². The quantitative estimate of drug-likeness (QED) is 0.921. The number of hydrogen-bond acceptors (Lipinski definition) is 3. The monoisotopic (exact) mass is 283 g/mol. The maximum absolute atomic E-state index is 12.6. The summed E-state index contributed by atoms with van der Waals surface area (Å²) < 4.78 is 5.28. The number of likely N-dealkylation sites (tertiary alicyclic amines) is 1. The summed E-state index contributed by atoms with van der Waals surface area (Å²) in [6, 6.07) is 5.08. The van der Waals surface area contributed by atoms with Crippen LogP contribution in [-0.4, -0.2) is 48.3 Å². The van der Waals surface area contributed by atoms with Gasteiger partial charge in [-0.25, -0.2) is 0 Å². The van der Waals surface area contributed by atoms with Crippen molar-refractivity contribution >= 4 is 17.5 Å². The van der Waals surface area contributed by atoms with Gasteiger partial charge in [-0.05, 0) is 31.0 Å². The van der Waals surface area contributed by atoms with Gasteiger partial charge in [0.25, 0.3) is 5.91 Å². The number of ether oxygens (including phenoxy) is 1. The number of hydrogen-bond donors (Lipinski definition) is 1. The van der Waals surface area contributed by atoms with Crippen molar-refractivity contribution in [1.82, 2.24) is 4.90 Å². The molecule has 5 heteroatoms. The van der Waals surface area contributed by atoms with Crippen LogP contribution in [0.25, 0.3) is 0 Å². The smallest absolute Gasteiger partial charge is 0.254 e. The molecule has 19 heavy (non-hydrogen) atoms. The van der Waals surface area contributed by atoms with Crippen LogP contribution in [0, 0.1) is 6.92 Å². The van der Waals surface area contributed by atoms with Crippen molar-refractivity contribution in [2.24, 2.45) is 0 Å². The first-order valence-electron chi connectivity index (χ1n) is 6.27. The molecule has 1 N–H and O–H groups in total. The van der Waals surface area contributed by atoms with Crippen molar-refractivity contribution in [2.45, 2.75) is 25.5 Å². The second kappa shape index (κ2) is 5.90. The molecule has 1 aromatic rings. The third-order valence-corrected chi connectivity index (χ3v) is 3.85. The van der Waals surface area contributed by atoms with Gasteiger partial charge in [-0.3, -0.25) is 4.79 Å². The van der Waals surface area contributed by atoms with Gasteiger partial charge in [-0.1, -0.05) is 17.7 Å². The predicted octanol–water partition coefficient (Wildman–Crippen LogP) is 1.87. The number of halogens is 1. The molecule has 1 aliphatic heterocycles. The Balaban J connectivity index is 2.25. The minimum Gasteiger partial charge on any atom is -0.394 e. The molecule has 0 unspecified atom stereocenters. The summed E-state index contributed by atoms with van der Waals surface area (Å²) in [6.45, 7) is 2.33. The highest BCUT2D eigenvalue weighted by atomic mass is 35.5. The topological polar surface area (TPSA) is 49.8 Å². The Labute approximate surface area is 117 Å². The first-order valence-corrected chi connectivity index (χ1v) is 6.65. The van der Waals surface area contributed by atoms with E-state index in [2.05, 4.69) is 0 Å². The zero-order valence-corrected chi connectivity index (χ0v) is 11.9. The van der Waals surface area contributed by atoms with Crippen LogP contribution in [0.5, 0.6) is 0 Å². The summed E-state index contributed by atoms with van der Waals surface area (Å²) in [5.74, 6) is -0.0985. The minimum absolute atomic E-state index is 0.0133. The lowest BCUT2D eigenvalue weighted by molar-refractivity contribution is 0.0647. The number of rotatable bonds is 3. The Morgan fingerprint density at radius 2 is 2.32 bits per heavy atom. The summed E-state index contributed by atoms with van der Waals surface area (Å²) in [5, 5.41) is 9.93. The molecule has 104 valence electrons. The number of aliphatic hydroxyl groups is 1. The SMILES string of the molecule is CO[C@H]1C[C@@H](CO)N(C(=O)c2cc(Cl)ccc2C)C1. The van der Waals surface area contributed by atoms with E-state index in [1.807, 2.05) is 13.0 Å². The first kappa shape index (κ1) is 14.3. The summed E-state index contributed by atoms with van der Waals surface area (Å²) in [7, 11) is 1.62. The van der Waals surface area contributed by atoms with Crippen LogP contribution in [0.3, 0.4) is 0 Å². The minimum atomic E-state index is -0.184. The number of amides is 1. The van der Waals surface area contributed by atoms with Crippen LogP contribution in [0.2, 0.25) is 5.02 Å². The van der Waals surface area contributed by atoms with E-state index in [1.165, 1.54) is 0 Å². The first-order chi connectivity index (χ1) is 9.06. The van der Waals surface area contributed by atoms with E-state index >= 15 is 0 Å². The Morgan fingerprint density at radius 3 is 2.95 bits per heavy atom. The molecule has 0 radical (unpaired) electrons.